The van der Waals surface area contributed by atoms with Crippen molar-refractivity contribution in [2.75, 3.05) is 0 Å². The van der Waals surface area contributed by atoms with Crippen LogP contribution in [-0.2, 0) is 11.2 Å². The van der Waals surface area contributed by atoms with Gasteiger partial charge in [0.05, 0.1) is 5.41 Å². The summed E-state index contributed by atoms with van der Waals surface area (Å²) >= 11 is 0. The van der Waals surface area contributed by atoms with Crippen LogP contribution >= 0.6 is 0 Å². The second-order valence-electron chi connectivity index (χ2n) is 5.55. The average Bonchev–Trinajstić information content (AvgIpc) is 2.21. The summed E-state index contributed by atoms with van der Waals surface area (Å²) in [5, 5.41) is 9.09. The summed E-state index contributed by atoms with van der Waals surface area (Å²) < 4.78 is 0. The van der Waals surface area contributed by atoms with Gasteiger partial charge < -0.3 is 5.11 Å². The Balaban J connectivity index is 2.83. The van der Waals surface area contributed by atoms with E-state index < -0.39 is 11.4 Å². The Morgan fingerprint density at radius 3 is 2.18 bits per heavy atom. The molecule has 1 rings (SSSR count). The van der Waals surface area contributed by atoms with Gasteiger partial charge in [-0.05, 0) is 69.7 Å². The summed E-state index contributed by atoms with van der Waals surface area (Å²) in [7, 11) is 0. The number of benzene rings is 1. The van der Waals surface area contributed by atoms with Crippen LogP contribution in [0.15, 0.2) is 12.1 Å². The minimum absolute atomic E-state index is 0.648. The van der Waals surface area contributed by atoms with Crippen molar-refractivity contribution in [3.63, 3.8) is 0 Å². The Morgan fingerprint density at radius 1 is 1.12 bits per heavy atom. The molecule has 0 spiro atoms. The molecule has 2 nitrogen and oxygen atoms in total. The fraction of sp³-hybridized carbons (Fsp3) is 0.533. The van der Waals surface area contributed by atoms with Crippen LogP contribution in [-0.4, -0.2) is 11.1 Å². The van der Waals surface area contributed by atoms with Gasteiger partial charge in [0.2, 0.25) is 0 Å². The monoisotopic (exact) mass is 234 g/mol. The Kier molecular flexibility index (Phi) is 3.97. The fourth-order valence-electron chi connectivity index (χ4n) is 1.84. The lowest BCUT2D eigenvalue weighted by Gasteiger charge is -2.19. The van der Waals surface area contributed by atoms with Crippen LogP contribution in [0.2, 0.25) is 0 Å². The highest BCUT2D eigenvalue weighted by Crippen LogP contribution is 2.25. The number of rotatable bonds is 4. The van der Waals surface area contributed by atoms with Crippen LogP contribution in [0, 0.1) is 26.2 Å². The van der Waals surface area contributed by atoms with Gasteiger partial charge in [0, 0.05) is 0 Å². The lowest BCUT2D eigenvalue weighted by Crippen LogP contribution is -2.24. The molecular formula is C15H22O2. The number of carboxylic acids is 1. The van der Waals surface area contributed by atoms with Crippen LogP contribution < -0.4 is 0 Å². The molecule has 1 aromatic rings. The number of carboxylic acid groups (broad SMARTS) is 1. The molecule has 0 saturated heterocycles. The molecule has 0 radical (unpaired) electrons. The third-order valence-corrected chi connectivity index (χ3v) is 3.55. The molecule has 0 bridgehead atoms. The van der Waals surface area contributed by atoms with E-state index in [1.165, 1.54) is 22.3 Å². The van der Waals surface area contributed by atoms with E-state index in [1.807, 2.05) is 0 Å². The molecule has 94 valence electrons. The molecular weight excluding hydrogens is 212 g/mol. The standard InChI is InChI=1S/C15H22O2/c1-10-8-12(3)13(9-11(10)2)6-7-15(4,5)14(16)17/h8-9H,6-7H2,1-5H3,(H,16,17). The normalized spacial score (nSPS) is 11.6. The Labute approximate surface area is 104 Å². The SMILES string of the molecule is Cc1cc(C)c(CCC(C)(C)C(=O)O)cc1C. The highest BCUT2D eigenvalue weighted by Gasteiger charge is 2.26. The first kappa shape index (κ1) is 13.8. The average molecular weight is 234 g/mol. The topological polar surface area (TPSA) is 37.3 Å². The minimum Gasteiger partial charge on any atom is -0.481 e. The quantitative estimate of drug-likeness (QED) is 0.863. The van der Waals surface area contributed by atoms with Gasteiger partial charge in [-0.3, -0.25) is 4.79 Å². The predicted molar refractivity (Wildman–Crippen MR) is 70.4 cm³/mol. The van der Waals surface area contributed by atoms with Gasteiger partial charge >= 0.3 is 5.97 Å². The van der Waals surface area contributed by atoms with Crippen LogP contribution in [0.5, 0.6) is 0 Å². The molecule has 1 N–H and O–H groups in total. The molecule has 1 aromatic carbocycles. The molecule has 0 amide bonds. The van der Waals surface area contributed by atoms with E-state index in [9.17, 15) is 4.79 Å². The summed E-state index contributed by atoms with van der Waals surface area (Å²) in [6, 6.07) is 4.36. The molecule has 0 aliphatic rings. The largest absolute Gasteiger partial charge is 0.481 e. The molecule has 0 aliphatic carbocycles. The van der Waals surface area contributed by atoms with E-state index >= 15 is 0 Å². The zero-order valence-electron chi connectivity index (χ0n) is 11.4. The molecule has 0 unspecified atom stereocenters. The van der Waals surface area contributed by atoms with Crippen molar-refractivity contribution in [3.05, 3.63) is 34.4 Å². The summed E-state index contributed by atoms with van der Waals surface area (Å²) in [6.45, 7) is 9.86. The van der Waals surface area contributed by atoms with Gasteiger partial charge in [-0.1, -0.05) is 12.1 Å². The number of carbonyl (C=O) groups is 1. The summed E-state index contributed by atoms with van der Waals surface area (Å²) in [6.07, 6.45) is 1.50. The fourth-order valence-corrected chi connectivity index (χ4v) is 1.84. The molecule has 0 saturated carbocycles. The maximum Gasteiger partial charge on any atom is 0.309 e. The lowest BCUT2D eigenvalue weighted by atomic mass is 9.85. The summed E-state index contributed by atoms with van der Waals surface area (Å²) in [4.78, 5) is 11.0. The third-order valence-electron chi connectivity index (χ3n) is 3.55. The van der Waals surface area contributed by atoms with Gasteiger partial charge in [-0.2, -0.15) is 0 Å². The first-order valence-corrected chi connectivity index (χ1v) is 6.04. The minimum atomic E-state index is -0.723. The molecule has 0 fully saturated rings. The summed E-state index contributed by atoms with van der Waals surface area (Å²) in [5.74, 6) is -0.723. The maximum atomic E-state index is 11.0. The van der Waals surface area contributed by atoms with Crippen LogP contribution in [0.3, 0.4) is 0 Å². The van der Waals surface area contributed by atoms with Gasteiger partial charge in [-0.25, -0.2) is 0 Å². The highest BCUT2D eigenvalue weighted by atomic mass is 16.4. The first-order valence-electron chi connectivity index (χ1n) is 6.04. The van der Waals surface area contributed by atoms with Gasteiger partial charge in [-0.15, -0.1) is 0 Å². The number of aryl methyl sites for hydroxylation is 4. The Bertz CT molecular complexity index is 431. The van der Waals surface area contributed by atoms with E-state index in [-0.39, 0.29) is 0 Å². The molecule has 17 heavy (non-hydrogen) atoms. The van der Waals surface area contributed by atoms with Crippen molar-refractivity contribution in [1.82, 2.24) is 0 Å². The van der Waals surface area contributed by atoms with Crippen molar-refractivity contribution < 1.29 is 9.90 Å². The highest BCUT2D eigenvalue weighted by molar-refractivity contribution is 5.73. The Morgan fingerprint density at radius 2 is 1.65 bits per heavy atom. The second kappa shape index (κ2) is 4.91. The number of hydrogen-bond acceptors (Lipinski definition) is 1. The molecule has 0 atom stereocenters. The number of hydrogen-bond donors (Lipinski definition) is 1. The van der Waals surface area contributed by atoms with Crippen molar-refractivity contribution in [3.8, 4) is 0 Å². The molecule has 0 aromatic heterocycles. The van der Waals surface area contributed by atoms with E-state index in [4.69, 9.17) is 5.11 Å². The zero-order valence-corrected chi connectivity index (χ0v) is 11.4. The number of aliphatic carboxylic acids is 1. The molecule has 0 heterocycles. The van der Waals surface area contributed by atoms with Gasteiger partial charge in [0.25, 0.3) is 0 Å². The van der Waals surface area contributed by atoms with Crippen LogP contribution in [0.1, 0.15) is 42.5 Å². The van der Waals surface area contributed by atoms with E-state index in [1.54, 1.807) is 13.8 Å². The third kappa shape index (κ3) is 3.32. The van der Waals surface area contributed by atoms with Crippen LogP contribution in [0.25, 0.3) is 0 Å². The van der Waals surface area contributed by atoms with Crippen molar-refractivity contribution >= 4 is 5.97 Å². The predicted octanol–water partition coefficient (Wildman–Crippen LogP) is 3.66. The van der Waals surface area contributed by atoms with Crippen LogP contribution in [0.4, 0.5) is 0 Å². The smallest absolute Gasteiger partial charge is 0.309 e. The molecule has 0 aliphatic heterocycles. The lowest BCUT2D eigenvalue weighted by molar-refractivity contribution is -0.147. The van der Waals surface area contributed by atoms with E-state index in [0.29, 0.717) is 6.42 Å². The van der Waals surface area contributed by atoms with Gasteiger partial charge in [0.15, 0.2) is 0 Å². The van der Waals surface area contributed by atoms with Crippen molar-refractivity contribution in [2.24, 2.45) is 5.41 Å². The van der Waals surface area contributed by atoms with Crippen molar-refractivity contribution in [2.45, 2.75) is 47.5 Å². The second-order valence-corrected chi connectivity index (χ2v) is 5.55. The van der Waals surface area contributed by atoms with Crippen molar-refractivity contribution in [1.29, 1.82) is 0 Å². The van der Waals surface area contributed by atoms with Gasteiger partial charge in [0.1, 0.15) is 0 Å². The van der Waals surface area contributed by atoms with E-state index in [2.05, 4.69) is 32.9 Å². The zero-order chi connectivity index (χ0) is 13.2. The van der Waals surface area contributed by atoms with E-state index in [0.717, 1.165) is 6.42 Å². The maximum absolute atomic E-state index is 11.0. The Hall–Kier alpha value is -1.31. The summed E-state index contributed by atoms with van der Waals surface area (Å²) in [5.41, 5.74) is 4.45. The molecule has 2 heteroatoms. The first-order chi connectivity index (χ1) is 7.74.